The highest BCUT2D eigenvalue weighted by atomic mass is 32.1. The van der Waals surface area contributed by atoms with Crippen molar-refractivity contribution in [3.8, 4) is 16.9 Å². The number of pyridine rings is 1. The first-order chi connectivity index (χ1) is 15.9. The van der Waals surface area contributed by atoms with E-state index in [1.165, 1.54) is 5.56 Å². The van der Waals surface area contributed by atoms with Gasteiger partial charge in [0.25, 0.3) is 0 Å². The molecule has 4 aromatic carbocycles. The van der Waals surface area contributed by atoms with Crippen LogP contribution >= 0.6 is 11.3 Å². The maximum atomic E-state index is 5.26. The summed E-state index contributed by atoms with van der Waals surface area (Å²) < 4.78 is 2.24. The molecule has 6 rings (SSSR count). The normalized spacial score (nSPS) is 11.9. The molecule has 0 aliphatic heterocycles. The molecule has 2 heterocycles. The Labute approximate surface area is 189 Å². The molecule has 2 aromatic heterocycles. The van der Waals surface area contributed by atoms with E-state index in [0.29, 0.717) is 0 Å². The number of hydrogen-bond acceptors (Lipinski definition) is 3. The van der Waals surface area contributed by atoms with Gasteiger partial charge in [-0.05, 0) is 29.8 Å². The molecule has 0 fully saturated rings. The third-order valence-electron chi connectivity index (χ3n) is 5.56. The van der Waals surface area contributed by atoms with Crippen LogP contribution in [0.1, 0.15) is 0 Å². The zero-order valence-electron chi connectivity index (χ0n) is 17.2. The molecule has 0 spiro atoms. The lowest BCUT2D eigenvalue weighted by molar-refractivity contribution is 1.01. The predicted molar refractivity (Wildman–Crippen MR) is 134 cm³/mol. The van der Waals surface area contributed by atoms with Crippen molar-refractivity contribution >= 4 is 38.8 Å². The highest BCUT2D eigenvalue weighted by Crippen LogP contribution is 2.33. The Hall–Kier alpha value is -4.02. The average molecular weight is 430 g/mol. The molecular weight excluding hydrogens is 410 g/mol. The van der Waals surface area contributed by atoms with E-state index in [9.17, 15) is 0 Å². The number of hydrogen-bond donors (Lipinski definition) is 0. The van der Waals surface area contributed by atoms with Gasteiger partial charge in [-0.1, -0.05) is 84.9 Å². The summed E-state index contributed by atoms with van der Waals surface area (Å²) in [6, 6.07) is 37.4. The lowest BCUT2D eigenvalue weighted by atomic mass is 10.1. The van der Waals surface area contributed by atoms with Crippen LogP contribution in [0.2, 0.25) is 0 Å². The van der Waals surface area contributed by atoms with Crippen LogP contribution in [-0.4, -0.2) is 9.55 Å². The molecule has 0 saturated heterocycles. The molecule has 3 nitrogen and oxygen atoms in total. The smallest absolute Gasteiger partial charge is 0.195 e. The van der Waals surface area contributed by atoms with Crippen molar-refractivity contribution in [1.82, 2.24) is 9.55 Å². The van der Waals surface area contributed by atoms with Crippen LogP contribution in [-0.2, 0) is 0 Å². The van der Waals surface area contributed by atoms with Gasteiger partial charge in [0.2, 0.25) is 0 Å². The van der Waals surface area contributed by atoms with E-state index in [1.54, 1.807) is 11.3 Å². The van der Waals surface area contributed by atoms with Gasteiger partial charge in [0.05, 0.1) is 22.4 Å². The second kappa shape index (κ2) is 7.91. The lowest BCUT2D eigenvalue weighted by Crippen LogP contribution is -2.13. The summed E-state index contributed by atoms with van der Waals surface area (Å²) >= 11 is 1.65. The topological polar surface area (TPSA) is 30.2 Å². The number of nitrogens with zero attached hydrogens (tertiary/aromatic N) is 3. The third kappa shape index (κ3) is 3.22. The highest BCUT2D eigenvalue weighted by Gasteiger charge is 2.12. The second-order valence-corrected chi connectivity index (χ2v) is 8.38. The molecule has 0 amide bonds. The molecular formula is C28H19N3S. The first-order valence-electron chi connectivity index (χ1n) is 10.5. The molecule has 0 radical (unpaired) electrons. The molecule has 0 saturated carbocycles. The number of para-hydroxylation sites is 3. The number of aromatic nitrogens is 2. The van der Waals surface area contributed by atoms with Crippen molar-refractivity contribution in [2.75, 3.05) is 0 Å². The summed E-state index contributed by atoms with van der Waals surface area (Å²) in [5.41, 5.74) is 6.25. The van der Waals surface area contributed by atoms with Crippen LogP contribution in [0.3, 0.4) is 0 Å². The Kier molecular flexibility index (Phi) is 4.63. The Bertz CT molecular complexity index is 1560. The molecule has 0 bridgehead atoms. The molecule has 152 valence electrons. The highest BCUT2D eigenvalue weighted by molar-refractivity contribution is 7.07. The fourth-order valence-corrected chi connectivity index (χ4v) is 4.97. The van der Waals surface area contributed by atoms with Gasteiger partial charge in [0.1, 0.15) is 0 Å². The van der Waals surface area contributed by atoms with E-state index in [0.717, 1.165) is 43.7 Å². The summed E-state index contributed by atoms with van der Waals surface area (Å²) in [5, 5.41) is 4.30. The van der Waals surface area contributed by atoms with Crippen LogP contribution < -0.4 is 4.80 Å². The van der Waals surface area contributed by atoms with Gasteiger partial charge in [0.15, 0.2) is 4.80 Å². The second-order valence-electron chi connectivity index (χ2n) is 7.55. The van der Waals surface area contributed by atoms with Crippen LogP contribution in [0.4, 0.5) is 5.69 Å². The summed E-state index contributed by atoms with van der Waals surface area (Å²) in [4.78, 5) is 11.0. The van der Waals surface area contributed by atoms with Crippen LogP contribution in [0.15, 0.2) is 120 Å². The van der Waals surface area contributed by atoms with Crippen molar-refractivity contribution in [3.63, 3.8) is 0 Å². The average Bonchev–Trinajstić information content (AvgIpc) is 3.28. The maximum Gasteiger partial charge on any atom is 0.195 e. The Balaban J connectivity index is 1.71. The Morgan fingerprint density at radius 1 is 0.625 bits per heavy atom. The van der Waals surface area contributed by atoms with E-state index in [2.05, 4.69) is 82.7 Å². The minimum Gasteiger partial charge on any atom is -0.285 e. The number of benzene rings is 4. The molecule has 6 aromatic rings. The van der Waals surface area contributed by atoms with Crippen molar-refractivity contribution < 1.29 is 0 Å². The van der Waals surface area contributed by atoms with E-state index in [1.807, 2.05) is 36.4 Å². The molecule has 0 aliphatic carbocycles. The third-order valence-corrected chi connectivity index (χ3v) is 6.38. The molecule has 4 heteroatoms. The molecule has 0 atom stereocenters. The molecule has 0 unspecified atom stereocenters. The first-order valence-corrected chi connectivity index (χ1v) is 11.4. The van der Waals surface area contributed by atoms with E-state index in [4.69, 9.17) is 9.98 Å². The van der Waals surface area contributed by atoms with Crippen molar-refractivity contribution in [2.45, 2.75) is 0 Å². The summed E-state index contributed by atoms with van der Waals surface area (Å²) in [5.74, 6) is 0. The zero-order valence-corrected chi connectivity index (χ0v) is 18.0. The monoisotopic (exact) mass is 429 g/mol. The Morgan fingerprint density at radius 2 is 1.19 bits per heavy atom. The summed E-state index contributed by atoms with van der Waals surface area (Å²) in [7, 11) is 0. The number of thiazole rings is 1. The minimum atomic E-state index is 0.927. The van der Waals surface area contributed by atoms with Gasteiger partial charge in [-0.3, -0.25) is 4.57 Å². The van der Waals surface area contributed by atoms with Gasteiger partial charge in [0, 0.05) is 21.8 Å². The number of fused-ring (bicyclic) bond motifs is 2. The zero-order chi connectivity index (χ0) is 21.3. The van der Waals surface area contributed by atoms with Gasteiger partial charge >= 0.3 is 0 Å². The molecule has 0 N–H and O–H groups in total. The van der Waals surface area contributed by atoms with Gasteiger partial charge in [-0.15, -0.1) is 11.3 Å². The van der Waals surface area contributed by atoms with Gasteiger partial charge < -0.3 is 0 Å². The summed E-state index contributed by atoms with van der Waals surface area (Å²) in [6.07, 6.45) is 0. The van der Waals surface area contributed by atoms with Crippen LogP contribution in [0.25, 0.3) is 38.8 Å². The molecule has 0 aliphatic rings. The number of rotatable bonds is 3. The van der Waals surface area contributed by atoms with Crippen molar-refractivity contribution in [3.05, 3.63) is 119 Å². The maximum absolute atomic E-state index is 5.26. The molecule has 32 heavy (non-hydrogen) atoms. The van der Waals surface area contributed by atoms with Crippen LogP contribution in [0.5, 0.6) is 0 Å². The van der Waals surface area contributed by atoms with Gasteiger partial charge in [-0.25, -0.2) is 9.98 Å². The Morgan fingerprint density at radius 3 is 1.84 bits per heavy atom. The largest absolute Gasteiger partial charge is 0.285 e. The van der Waals surface area contributed by atoms with Crippen molar-refractivity contribution in [1.29, 1.82) is 0 Å². The quantitative estimate of drug-likeness (QED) is 0.275. The van der Waals surface area contributed by atoms with E-state index in [-0.39, 0.29) is 0 Å². The van der Waals surface area contributed by atoms with Crippen LogP contribution in [0, 0.1) is 0 Å². The minimum absolute atomic E-state index is 0.927. The van der Waals surface area contributed by atoms with Gasteiger partial charge in [-0.2, -0.15) is 0 Å². The fourth-order valence-electron chi connectivity index (χ4n) is 4.06. The van der Waals surface area contributed by atoms with E-state index >= 15 is 0 Å². The fraction of sp³-hybridized carbons (Fsp3) is 0. The van der Waals surface area contributed by atoms with E-state index < -0.39 is 0 Å². The van der Waals surface area contributed by atoms with Crippen molar-refractivity contribution in [2.24, 2.45) is 4.99 Å². The predicted octanol–water partition coefficient (Wildman–Crippen LogP) is 7.14. The SMILES string of the molecule is c1ccc(-c2csc(=Nc3c4ccccc4nc4ccccc34)n2-c2ccccc2)cc1. The lowest BCUT2D eigenvalue weighted by Gasteiger charge is -2.10. The standard InChI is InChI=1S/C28H19N3S/c1-3-11-20(12-4-1)26-19-32-28(31(26)21-13-5-2-6-14-21)30-27-22-15-7-9-17-24(22)29-25-18-10-8-16-23(25)27/h1-19H. The summed E-state index contributed by atoms with van der Waals surface area (Å²) in [6.45, 7) is 0. The first kappa shape index (κ1) is 18.7.